The van der Waals surface area contributed by atoms with Crippen molar-refractivity contribution < 1.29 is 29.4 Å². The SMILES string of the molecule is N[C@H](C(=O)N[C@@H]1C(=O)N2C(C(=O)O)=C(CC(=O)O)CS[C@@H]12)c1ccccc1. The lowest BCUT2D eigenvalue weighted by Gasteiger charge is -2.49. The molecule has 1 aromatic rings. The molecule has 1 fully saturated rings. The van der Waals surface area contributed by atoms with Crippen molar-refractivity contribution in [2.24, 2.45) is 5.73 Å². The molecule has 2 amide bonds. The molecule has 0 spiro atoms. The number of β-lactam (4-membered cyclic amide) rings is 1. The molecule has 3 atom stereocenters. The largest absolute Gasteiger partial charge is 0.481 e. The van der Waals surface area contributed by atoms with E-state index >= 15 is 0 Å². The number of rotatable bonds is 6. The maximum atomic E-state index is 12.4. The van der Waals surface area contributed by atoms with E-state index in [1.807, 2.05) is 0 Å². The van der Waals surface area contributed by atoms with E-state index in [0.717, 1.165) is 4.90 Å². The Morgan fingerprint density at radius 3 is 2.52 bits per heavy atom. The fraction of sp³-hybridized carbons (Fsp3) is 0.294. The molecule has 1 saturated heterocycles. The number of nitrogens with one attached hydrogen (secondary N) is 1. The zero-order chi connectivity index (χ0) is 19.7. The molecule has 0 aliphatic carbocycles. The van der Waals surface area contributed by atoms with E-state index in [4.69, 9.17) is 10.8 Å². The van der Waals surface area contributed by atoms with Crippen molar-refractivity contribution >= 4 is 35.5 Å². The lowest BCUT2D eigenvalue weighted by Crippen LogP contribution is -2.71. The van der Waals surface area contributed by atoms with Crippen LogP contribution in [0.15, 0.2) is 41.6 Å². The molecular formula is C17H17N3O6S. The monoisotopic (exact) mass is 391 g/mol. The number of nitrogens with two attached hydrogens (primary N) is 1. The van der Waals surface area contributed by atoms with Gasteiger partial charge in [0.1, 0.15) is 23.2 Å². The number of hydrogen-bond donors (Lipinski definition) is 4. The number of carbonyl (C=O) groups excluding carboxylic acids is 2. The molecule has 0 bridgehead atoms. The van der Waals surface area contributed by atoms with Gasteiger partial charge in [-0.15, -0.1) is 11.8 Å². The van der Waals surface area contributed by atoms with Crippen LogP contribution in [-0.4, -0.2) is 56.0 Å². The van der Waals surface area contributed by atoms with Gasteiger partial charge >= 0.3 is 11.9 Å². The molecule has 3 rings (SSSR count). The molecule has 2 heterocycles. The standard InChI is InChI=1S/C17H17N3O6S/c18-11(8-4-2-1-3-5-8)14(23)19-12-15(24)20-13(17(25)26)9(6-10(21)22)7-27-16(12)20/h1-5,11-12,16H,6-7,18H2,(H,19,23)(H,21,22)(H,25,26)/t11-,12+,16-/m0/s1. The van der Waals surface area contributed by atoms with Gasteiger partial charge in [-0.05, 0) is 11.1 Å². The van der Waals surface area contributed by atoms with E-state index in [1.54, 1.807) is 30.3 Å². The summed E-state index contributed by atoms with van der Waals surface area (Å²) in [7, 11) is 0. The van der Waals surface area contributed by atoms with Crippen molar-refractivity contribution in [1.82, 2.24) is 10.2 Å². The van der Waals surface area contributed by atoms with Gasteiger partial charge in [0.15, 0.2) is 0 Å². The third-order valence-corrected chi connectivity index (χ3v) is 5.69. The van der Waals surface area contributed by atoms with E-state index in [9.17, 15) is 24.3 Å². The number of fused-ring (bicyclic) bond motifs is 1. The fourth-order valence-corrected chi connectivity index (χ4v) is 4.40. The maximum absolute atomic E-state index is 12.4. The van der Waals surface area contributed by atoms with Gasteiger partial charge in [-0.1, -0.05) is 30.3 Å². The first-order valence-electron chi connectivity index (χ1n) is 8.04. The highest BCUT2D eigenvalue weighted by Gasteiger charge is 2.54. The summed E-state index contributed by atoms with van der Waals surface area (Å²) in [6.45, 7) is 0. The Labute approximate surface area is 158 Å². The normalized spacial score (nSPS) is 22.6. The second kappa shape index (κ2) is 7.41. The predicted octanol–water partition coefficient (Wildman–Crippen LogP) is -0.100. The summed E-state index contributed by atoms with van der Waals surface area (Å²) in [5.74, 6) is -3.53. The second-order valence-electron chi connectivity index (χ2n) is 6.11. The number of thioether (sulfide) groups is 1. The molecule has 5 N–H and O–H groups in total. The summed E-state index contributed by atoms with van der Waals surface area (Å²) in [6, 6.07) is 6.79. The van der Waals surface area contributed by atoms with Gasteiger partial charge in [-0.2, -0.15) is 0 Å². The van der Waals surface area contributed by atoms with Crippen LogP contribution < -0.4 is 11.1 Å². The minimum absolute atomic E-state index is 0.152. The number of carboxylic acid groups (broad SMARTS) is 2. The van der Waals surface area contributed by atoms with Gasteiger partial charge in [0.25, 0.3) is 5.91 Å². The Morgan fingerprint density at radius 2 is 1.93 bits per heavy atom. The third-order valence-electron chi connectivity index (χ3n) is 4.35. The highest BCUT2D eigenvalue weighted by atomic mass is 32.2. The quantitative estimate of drug-likeness (QED) is 0.491. The van der Waals surface area contributed by atoms with Crippen LogP contribution >= 0.6 is 11.8 Å². The van der Waals surface area contributed by atoms with Crippen LogP contribution in [-0.2, 0) is 19.2 Å². The van der Waals surface area contributed by atoms with E-state index in [1.165, 1.54) is 11.8 Å². The van der Waals surface area contributed by atoms with Crippen LogP contribution in [0.25, 0.3) is 0 Å². The average Bonchev–Trinajstić information content (AvgIpc) is 2.64. The summed E-state index contributed by atoms with van der Waals surface area (Å²) in [5, 5.41) is 20.3. The summed E-state index contributed by atoms with van der Waals surface area (Å²) >= 11 is 1.21. The molecule has 2 aliphatic rings. The number of hydrogen-bond acceptors (Lipinski definition) is 6. The Bertz CT molecular complexity index is 840. The smallest absolute Gasteiger partial charge is 0.352 e. The third kappa shape index (κ3) is 3.53. The Hall–Kier alpha value is -2.85. The average molecular weight is 391 g/mol. The zero-order valence-electron chi connectivity index (χ0n) is 14.0. The number of nitrogens with zero attached hydrogens (tertiary/aromatic N) is 1. The van der Waals surface area contributed by atoms with E-state index in [0.29, 0.717) is 5.56 Å². The highest BCUT2D eigenvalue weighted by molar-refractivity contribution is 8.00. The Morgan fingerprint density at radius 1 is 1.26 bits per heavy atom. The van der Waals surface area contributed by atoms with Crippen molar-refractivity contribution in [2.45, 2.75) is 23.9 Å². The van der Waals surface area contributed by atoms with E-state index < -0.39 is 47.6 Å². The predicted molar refractivity (Wildman–Crippen MR) is 95.3 cm³/mol. The first-order valence-corrected chi connectivity index (χ1v) is 9.08. The number of benzene rings is 1. The van der Waals surface area contributed by atoms with Gasteiger partial charge in [-0.25, -0.2) is 4.79 Å². The van der Waals surface area contributed by atoms with Gasteiger partial charge in [-0.3, -0.25) is 19.3 Å². The second-order valence-corrected chi connectivity index (χ2v) is 7.22. The molecule has 9 nitrogen and oxygen atoms in total. The molecule has 10 heteroatoms. The summed E-state index contributed by atoms with van der Waals surface area (Å²) in [5.41, 5.74) is 6.35. The first kappa shape index (κ1) is 18.9. The first-order chi connectivity index (χ1) is 12.8. The van der Waals surface area contributed by atoms with Crippen molar-refractivity contribution in [3.8, 4) is 0 Å². The molecule has 0 aromatic heterocycles. The molecule has 0 saturated carbocycles. The van der Waals surface area contributed by atoms with E-state index in [2.05, 4.69) is 5.32 Å². The Balaban J connectivity index is 1.74. The summed E-state index contributed by atoms with van der Waals surface area (Å²) in [6.07, 6.45) is -0.457. The maximum Gasteiger partial charge on any atom is 0.352 e. The van der Waals surface area contributed by atoms with Crippen molar-refractivity contribution in [3.63, 3.8) is 0 Å². The van der Waals surface area contributed by atoms with Gasteiger partial charge in [0.2, 0.25) is 5.91 Å². The van der Waals surface area contributed by atoms with Gasteiger partial charge in [0, 0.05) is 5.75 Å². The van der Waals surface area contributed by atoms with Crippen molar-refractivity contribution in [1.29, 1.82) is 0 Å². The highest BCUT2D eigenvalue weighted by Crippen LogP contribution is 2.41. The molecule has 1 aromatic carbocycles. The number of carboxylic acids is 2. The number of carbonyl (C=O) groups is 4. The lowest BCUT2D eigenvalue weighted by molar-refractivity contribution is -0.151. The van der Waals surface area contributed by atoms with Crippen LogP contribution in [0, 0.1) is 0 Å². The molecule has 27 heavy (non-hydrogen) atoms. The van der Waals surface area contributed by atoms with Crippen LogP contribution in [0.5, 0.6) is 0 Å². The zero-order valence-corrected chi connectivity index (χ0v) is 14.8. The lowest BCUT2D eigenvalue weighted by atomic mass is 10.0. The van der Waals surface area contributed by atoms with Crippen LogP contribution in [0.3, 0.4) is 0 Å². The molecular weight excluding hydrogens is 374 g/mol. The van der Waals surface area contributed by atoms with Crippen LogP contribution in [0.1, 0.15) is 18.0 Å². The minimum Gasteiger partial charge on any atom is -0.481 e. The molecule has 142 valence electrons. The summed E-state index contributed by atoms with van der Waals surface area (Å²) in [4.78, 5) is 48.3. The molecule has 0 radical (unpaired) electrons. The molecule has 2 aliphatic heterocycles. The van der Waals surface area contributed by atoms with Gasteiger partial charge in [0.05, 0.1) is 6.42 Å². The number of amides is 2. The minimum atomic E-state index is -1.37. The van der Waals surface area contributed by atoms with Crippen LogP contribution in [0.2, 0.25) is 0 Å². The molecule has 0 unspecified atom stereocenters. The number of aliphatic carboxylic acids is 2. The Kier molecular flexibility index (Phi) is 5.19. The summed E-state index contributed by atoms with van der Waals surface area (Å²) < 4.78 is 0. The van der Waals surface area contributed by atoms with Crippen molar-refractivity contribution in [3.05, 3.63) is 47.2 Å². The van der Waals surface area contributed by atoms with Crippen molar-refractivity contribution in [2.75, 3.05) is 5.75 Å². The fourth-order valence-electron chi connectivity index (χ4n) is 3.06. The topological polar surface area (TPSA) is 150 Å². The van der Waals surface area contributed by atoms with E-state index in [-0.39, 0.29) is 17.0 Å². The van der Waals surface area contributed by atoms with Crippen LogP contribution in [0.4, 0.5) is 0 Å². The van der Waals surface area contributed by atoms with Gasteiger partial charge < -0.3 is 21.3 Å².